The van der Waals surface area contributed by atoms with Crippen LogP contribution in [0.5, 0.6) is 0 Å². The molecular weight excluding hydrogens is 194 g/mol. The molecule has 1 aliphatic rings. The fourth-order valence-electron chi connectivity index (χ4n) is 2.93. The molecule has 88 valence electrons. The zero-order chi connectivity index (χ0) is 11.3. The summed E-state index contributed by atoms with van der Waals surface area (Å²) >= 11 is 0. The smallest absolute Gasteiger partial charge is 0.104 e. The molecule has 1 aromatic rings. The highest BCUT2D eigenvalue weighted by atomic mass is 15.4. The number of quaternary nitrogens is 1. The summed E-state index contributed by atoms with van der Waals surface area (Å²) in [6, 6.07) is 11.0. The number of nitrogens with zero attached hydrogens (tertiary/aromatic N) is 1. The van der Waals surface area contributed by atoms with Gasteiger partial charge in [-0.15, -0.1) is 0 Å². The third-order valence-electron chi connectivity index (χ3n) is 3.86. The summed E-state index contributed by atoms with van der Waals surface area (Å²) in [7, 11) is 0. The van der Waals surface area contributed by atoms with Crippen LogP contribution in [0.15, 0.2) is 30.3 Å². The first-order valence-corrected chi connectivity index (χ1v) is 6.74. The van der Waals surface area contributed by atoms with Crippen molar-refractivity contribution in [1.29, 1.82) is 0 Å². The first kappa shape index (κ1) is 11.7. The summed E-state index contributed by atoms with van der Waals surface area (Å²) in [5.41, 5.74) is 1.51. The van der Waals surface area contributed by atoms with Crippen molar-refractivity contribution in [3.63, 3.8) is 0 Å². The monoisotopic (exact) mass is 218 g/mol. The van der Waals surface area contributed by atoms with Gasteiger partial charge in [0.2, 0.25) is 0 Å². The van der Waals surface area contributed by atoms with E-state index in [0.29, 0.717) is 0 Å². The minimum absolute atomic E-state index is 1.25. The molecule has 0 aliphatic carbocycles. The van der Waals surface area contributed by atoms with Gasteiger partial charge >= 0.3 is 0 Å². The molecule has 0 unspecified atom stereocenters. The Morgan fingerprint density at radius 1 is 1.06 bits per heavy atom. The number of hydrogen-bond acceptors (Lipinski definition) is 0. The molecule has 0 aromatic heterocycles. The van der Waals surface area contributed by atoms with Crippen LogP contribution < -0.4 is 0 Å². The molecule has 1 aromatic carbocycles. The van der Waals surface area contributed by atoms with Crippen LogP contribution in [0.3, 0.4) is 0 Å². The molecule has 2 rings (SSSR count). The van der Waals surface area contributed by atoms with Crippen molar-refractivity contribution in [1.82, 2.24) is 0 Å². The molecule has 0 amide bonds. The van der Waals surface area contributed by atoms with Crippen LogP contribution in [0.4, 0.5) is 0 Å². The average molecular weight is 218 g/mol. The maximum atomic E-state index is 2.30. The van der Waals surface area contributed by atoms with Crippen LogP contribution in [-0.2, 0) is 6.54 Å². The average Bonchev–Trinajstić information content (AvgIpc) is 2.77. The predicted molar refractivity (Wildman–Crippen MR) is 69.1 cm³/mol. The van der Waals surface area contributed by atoms with Gasteiger partial charge in [0.25, 0.3) is 0 Å². The zero-order valence-electron chi connectivity index (χ0n) is 10.5. The number of rotatable bonds is 5. The highest BCUT2D eigenvalue weighted by molar-refractivity contribution is 5.13. The zero-order valence-corrected chi connectivity index (χ0v) is 10.5. The van der Waals surface area contributed by atoms with Gasteiger partial charge in [-0.3, -0.25) is 0 Å². The lowest BCUT2D eigenvalue weighted by molar-refractivity contribution is -0.929. The maximum Gasteiger partial charge on any atom is 0.104 e. The van der Waals surface area contributed by atoms with Gasteiger partial charge in [0.1, 0.15) is 6.54 Å². The molecule has 0 radical (unpaired) electrons. The van der Waals surface area contributed by atoms with Crippen molar-refractivity contribution in [2.75, 3.05) is 19.6 Å². The van der Waals surface area contributed by atoms with E-state index in [1.54, 1.807) is 0 Å². The predicted octanol–water partition coefficient (Wildman–Crippen LogP) is 3.60. The van der Waals surface area contributed by atoms with Crippen LogP contribution in [0, 0.1) is 0 Å². The third kappa shape index (κ3) is 2.85. The molecule has 1 heteroatoms. The molecule has 0 bridgehead atoms. The Labute approximate surface area is 99.7 Å². The summed E-state index contributed by atoms with van der Waals surface area (Å²) in [6.07, 6.45) is 5.56. The van der Waals surface area contributed by atoms with E-state index in [4.69, 9.17) is 0 Å². The molecule has 1 aliphatic heterocycles. The van der Waals surface area contributed by atoms with Crippen molar-refractivity contribution in [3.05, 3.63) is 35.9 Å². The van der Waals surface area contributed by atoms with Gasteiger partial charge in [-0.05, 0) is 6.42 Å². The van der Waals surface area contributed by atoms with Crippen LogP contribution in [0.1, 0.15) is 38.2 Å². The Hall–Kier alpha value is -0.820. The van der Waals surface area contributed by atoms with Crippen LogP contribution >= 0.6 is 0 Å². The lowest BCUT2D eigenvalue weighted by Gasteiger charge is -2.34. The summed E-state index contributed by atoms with van der Waals surface area (Å²) < 4.78 is 1.35. The Kier molecular flexibility index (Phi) is 4.00. The maximum absolute atomic E-state index is 2.30. The Balaban J connectivity index is 2.02. The quantitative estimate of drug-likeness (QED) is 0.662. The van der Waals surface area contributed by atoms with Gasteiger partial charge in [-0.25, -0.2) is 0 Å². The van der Waals surface area contributed by atoms with Crippen molar-refractivity contribution in [3.8, 4) is 0 Å². The van der Waals surface area contributed by atoms with E-state index in [2.05, 4.69) is 37.3 Å². The van der Waals surface area contributed by atoms with E-state index in [1.807, 2.05) is 0 Å². The third-order valence-corrected chi connectivity index (χ3v) is 3.86. The number of benzene rings is 1. The van der Waals surface area contributed by atoms with Gasteiger partial charge in [0, 0.05) is 18.4 Å². The molecule has 0 spiro atoms. The molecule has 1 saturated heterocycles. The van der Waals surface area contributed by atoms with Crippen LogP contribution in [-0.4, -0.2) is 24.1 Å². The molecule has 1 heterocycles. The number of hydrogen-bond donors (Lipinski definition) is 0. The number of unbranched alkanes of at least 4 members (excludes halogenated alkanes) is 1. The van der Waals surface area contributed by atoms with E-state index >= 15 is 0 Å². The van der Waals surface area contributed by atoms with Crippen molar-refractivity contribution in [2.24, 2.45) is 0 Å². The molecule has 0 atom stereocenters. The largest absolute Gasteiger partial charge is 0.320 e. The summed E-state index contributed by atoms with van der Waals surface area (Å²) in [5, 5.41) is 0. The summed E-state index contributed by atoms with van der Waals surface area (Å²) in [5.74, 6) is 0. The van der Waals surface area contributed by atoms with Crippen molar-refractivity contribution < 1.29 is 4.48 Å². The van der Waals surface area contributed by atoms with E-state index in [0.717, 1.165) is 0 Å². The van der Waals surface area contributed by atoms with E-state index in [-0.39, 0.29) is 0 Å². The topological polar surface area (TPSA) is 0 Å². The Morgan fingerprint density at radius 2 is 1.75 bits per heavy atom. The van der Waals surface area contributed by atoms with E-state index in [9.17, 15) is 0 Å². The van der Waals surface area contributed by atoms with Gasteiger partial charge in [0.05, 0.1) is 19.6 Å². The van der Waals surface area contributed by atoms with E-state index in [1.165, 1.54) is 61.9 Å². The second-order valence-corrected chi connectivity index (χ2v) is 5.22. The van der Waals surface area contributed by atoms with Gasteiger partial charge in [0.15, 0.2) is 0 Å². The summed E-state index contributed by atoms with van der Waals surface area (Å²) in [6.45, 7) is 7.73. The van der Waals surface area contributed by atoms with Crippen molar-refractivity contribution in [2.45, 2.75) is 39.2 Å². The van der Waals surface area contributed by atoms with Crippen LogP contribution in [0.25, 0.3) is 0 Å². The highest BCUT2D eigenvalue weighted by Gasteiger charge is 2.31. The minimum Gasteiger partial charge on any atom is -0.320 e. The molecule has 0 N–H and O–H groups in total. The van der Waals surface area contributed by atoms with Crippen LogP contribution in [0.2, 0.25) is 0 Å². The second kappa shape index (κ2) is 5.49. The lowest BCUT2D eigenvalue weighted by atomic mass is 10.1. The summed E-state index contributed by atoms with van der Waals surface area (Å²) in [4.78, 5) is 0. The first-order chi connectivity index (χ1) is 7.85. The van der Waals surface area contributed by atoms with Gasteiger partial charge in [-0.2, -0.15) is 0 Å². The normalized spacial score (nSPS) is 18.8. The fraction of sp³-hybridized carbons (Fsp3) is 0.600. The number of likely N-dealkylation sites (tertiary alicyclic amines) is 1. The fourth-order valence-corrected chi connectivity index (χ4v) is 2.93. The molecule has 0 saturated carbocycles. The standard InChI is InChI=1S/C15H24N/c1-2-3-11-16(12-7-8-13-16)14-15-9-5-4-6-10-15/h4-6,9-10H,2-3,7-8,11-14H2,1H3/q+1. The van der Waals surface area contributed by atoms with E-state index < -0.39 is 0 Å². The molecule has 16 heavy (non-hydrogen) atoms. The van der Waals surface area contributed by atoms with Gasteiger partial charge < -0.3 is 4.48 Å². The van der Waals surface area contributed by atoms with Crippen molar-refractivity contribution >= 4 is 0 Å². The highest BCUT2D eigenvalue weighted by Crippen LogP contribution is 2.24. The molecule has 1 fully saturated rings. The lowest BCUT2D eigenvalue weighted by Crippen LogP contribution is -2.45. The minimum atomic E-state index is 1.25. The van der Waals surface area contributed by atoms with Gasteiger partial charge in [-0.1, -0.05) is 43.7 Å². The second-order valence-electron chi connectivity index (χ2n) is 5.22. The SMILES string of the molecule is CCCC[N+]1(Cc2ccccc2)CCCC1. The molecular formula is C15H24N+. The Morgan fingerprint density at radius 3 is 2.38 bits per heavy atom. The molecule has 1 nitrogen and oxygen atoms in total. The Bertz CT molecular complexity index is 298. The first-order valence-electron chi connectivity index (χ1n) is 6.74.